The van der Waals surface area contributed by atoms with Gasteiger partial charge in [0.2, 0.25) is 0 Å². The average molecular weight is 370 g/mol. The van der Waals surface area contributed by atoms with Crippen LogP contribution in [-0.2, 0) is 6.54 Å². The highest BCUT2D eigenvalue weighted by molar-refractivity contribution is 5.36. The summed E-state index contributed by atoms with van der Waals surface area (Å²) in [5.74, 6) is 0.898. The number of fused-ring (bicyclic) bond motifs is 1. The molecular weight excluding hydrogens is 341 g/mol. The van der Waals surface area contributed by atoms with Crippen LogP contribution >= 0.6 is 0 Å². The lowest BCUT2D eigenvalue weighted by Gasteiger charge is -2.50. The molecule has 0 bridgehead atoms. The van der Waals surface area contributed by atoms with Gasteiger partial charge in [0, 0.05) is 17.9 Å². The molecule has 1 saturated carbocycles. The number of aliphatic hydroxyl groups is 1. The molecule has 1 unspecified atom stereocenters. The van der Waals surface area contributed by atoms with Crippen LogP contribution in [0.2, 0.25) is 0 Å². The predicted molar refractivity (Wildman–Crippen MR) is 103 cm³/mol. The van der Waals surface area contributed by atoms with Crippen LogP contribution in [0.25, 0.3) is 0 Å². The molecule has 0 spiro atoms. The molecule has 2 N–H and O–H groups in total. The Morgan fingerprint density at radius 1 is 1.11 bits per heavy atom. The molecule has 0 radical (unpaired) electrons. The highest BCUT2D eigenvalue weighted by Crippen LogP contribution is 2.45. The minimum atomic E-state index is -0.609. The number of piperidine rings is 1. The number of ether oxygens (including phenoxy) is 1. The Labute approximate surface area is 160 Å². The van der Waals surface area contributed by atoms with Gasteiger partial charge in [-0.2, -0.15) is 0 Å². The van der Waals surface area contributed by atoms with E-state index in [-0.39, 0.29) is 17.8 Å². The molecule has 1 aliphatic carbocycles. The van der Waals surface area contributed by atoms with Gasteiger partial charge < -0.3 is 14.7 Å². The zero-order valence-corrected chi connectivity index (χ0v) is 16.0. The Morgan fingerprint density at radius 3 is 2.70 bits per heavy atom. The third-order valence-electron chi connectivity index (χ3n) is 6.64. The van der Waals surface area contributed by atoms with Gasteiger partial charge in [0.15, 0.2) is 0 Å². The number of quaternary nitrogens is 1. The number of methoxy groups -OCH3 is 1. The number of nitrogens with one attached hydrogen (secondary N) is 1. The minimum Gasteiger partial charge on any atom is -0.496 e. The van der Waals surface area contributed by atoms with Gasteiger partial charge in [0.25, 0.3) is 0 Å². The maximum absolute atomic E-state index is 14.3. The van der Waals surface area contributed by atoms with Crippen molar-refractivity contribution in [2.75, 3.05) is 13.7 Å². The second-order valence-electron chi connectivity index (χ2n) is 8.10. The molecule has 27 heavy (non-hydrogen) atoms. The zero-order valence-electron chi connectivity index (χ0n) is 16.0. The normalized spacial score (nSPS) is 30.6. The Balaban J connectivity index is 1.74. The van der Waals surface area contributed by atoms with Crippen LogP contribution in [0, 0.1) is 11.7 Å². The van der Waals surface area contributed by atoms with Crippen LogP contribution < -0.4 is 9.64 Å². The number of para-hydroxylation sites is 1. The van der Waals surface area contributed by atoms with E-state index in [4.69, 9.17) is 4.74 Å². The molecule has 2 aromatic rings. The van der Waals surface area contributed by atoms with Gasteiger partial charge in [-0.1, -0.05) is 43.2 Å². The van der Waals surface area contributed by atoms with Gasteiger partial charge >= 0.3 is 0 Å². The summed E-state index contributed by atoms with van der Waals surface area (Å²) < 4.78 is 20.0. The van der Waals surface area contributed by atoms with Crippen LogP contribution in [0.4, 0.5) is 4.39 Å². The molecule has 0 aromatic heterocycles. The van der Waals surface area contributed by atoms with Crippen molar-refractivity contribution in [3.63, 3.8) is 0 Å². The van der Waals surface area contributed by atoms with Crippen molar-refractivity contribution in [3.05, 3.63) is 65.5 Å². The number of benzene rings is 2. The fourth-order valence-electron chi connectivity index (χ4n) is 5.30. The Hall–Kier alpha value is -1.91. The first-order valence-electron chi connectivity index (χ1n) is 10.1. The fourth-order valence-corrected chi connectivity index (χ4v) is 5.30. The van der Waals surface area contributed by atoms with Gasteiger partial charge in [-0.15, -0.1) is 0 Å². The maximum Gasteiger partial charge on any atom is 0.132 e. The van der Waals surface area contributed by atoms with Gasteiger partial charge in [0.1, 0.15) is 24.2 Å². The molecule has 2 aromatic carbocycles. The zero-order chi connectivity index (χ0) is 18.9. The molecule has 4 atom stereocenters. The third kappa shape index (κ3) is 3.48. The van der Waals surface area contributed by atoms with Gasteiger partial charge in [-0.3, -0.25) is 0 Å². The van der Waals surface area contributed by atoms with Crippen molar-refractivity contribution >= 4 is 0 Å². The standard InChI is InChI=1S/C23H28FNO2/c1-27-21-12-5-3-9-18(21)22-19-10-6-7-13-23(19,26)14-15-25(22)16-17-8-2-4-11-20(17)24/h2-5,8-9,11-12,19,22,26H,6-7,10,13-16H2,1H3/p+1/t19-,22-,23-/m0/s1. The van der Waals surface area contributed by atoms with E-state index in [9.17, 15) is 9.50 Å². The van der Waals surface area contributed by atoms with Crippen molar-refractivity contribution in [1.29, 1.82) is 0 Å². The molecule has 1 saturated heterocycles. The quantitative estimate of drug-likeness (QED) is 0.866. The molecule has 1 heterocycles. The first-order chi connectivity index (χ1) is 13.1. The monoisotopic (exact) mass is 370 g/mol. The summed E-state index contributed by atoms with van der Waals surface area (Å²) >= 11 is 0. The van der Waals surface area contributed by atoms with Crippen LogP contribution in [-0.4, -0.2) is 24.4 Å². The highest BCUT2D eigenvalue weighted by Gasteiger charge is 2.52. The number of rotatable bonds is 4. The van der Waals surface area contributed by atoms with E-state index in [1.54, 1.807) is 13.2 Å². The molecule has 2 fully saturated rings. The second-order valence-corrected chi connectivity index (χ2v) is 8.10. The Morgan fingerprint density at radius 2 is 1.89 bits per heavy atom. The third-order valence-corrected chi connectivity index (χ3v) is 6.64. The molecule has 4 rings (SSSR count). The van der Waals surface area contributed by atoms with Crippen LogP contribution in [0.15, 0.2) is 48.5 Å². The molecule has 2 aliphatic rings. The first kappa shape index (κ1) is 18.5. The van der Waals surface area contributed by atoms with Gasteiger partial charge in [0.05, 0.1) is 24.8 Å². The first-order valence-corrected chi connectivity index (χ1v) is 10.1. The summed E-state index contributed by atoms with van der Waals surface area (Å²) in [6, 6.07) is 15.3. The Kier molecular flexibility index (Phi) is 5.20. The summed E-state index contributed by atoms with van der Waals surface area (Å²) in [7, 11) is 1.70. The van der Waals surface area contributed by atoms with E-state index < -0.39 is 5.60 Å². The topological polar surface area (TPSA) is 33.9 Å². The number of halogens is 1. The molecule has 144 valence electrons. The minimum absolute atomic E-state index is 0.111. The average Bonchev–Trinajstić information content (AvgIpc) is 2.69. The number of likely N-dealkylation sites (tertiary alicyclic amines) is 1. The predicted octanol–water partition coefficient (Wildman–Crippen LogP) is 3.29. The van der Waals surface area contributed by atoms with E-state index in [2.05, 4.69) is 6.07 Å². The highest BCUT2D eigenvalue weighted by atomic mass is 19.1. The fraction of sp³-hybridized carbons (Fsp3) is 0.478. The van der Waals surface area contributed by atoms with Crippen LogP contribution in [0.5, 0.6) is 5.75 Å². The van der Waals surface area contributed by atoms with E-state index in [0.717, 1.165) is 55.5 Å². The molecule has 1 aliphatic heterocycles. The Bertz CT molecular complexity index is 795. The summed E-state index contributed by atoms with van der Waals surface area (Å²) in [5, 5.41) is 11.4. The van der Waals surface area contributed by atoms with E-state index in [0.29, 0.717) is 6.54 Å². The maximum atomic E-state index is 14.3. The van der Waals surface area contributed by atoms with Crippen LogP contribution in [0.1, 0.15) is 49.3 Å². The molecular formula is C23H29FNO2+. The van der Waals surface area contributed by atoms with Crippen molar-refractivity contribution < 1.29 is 19.1 Å². The van der Waals surface area contributed by atoms with E-state index in [1.807, 2.05) is 30.3 Å². The van der Waals surface area contributed by atoms with Gasteiger partial charge in [-0.05, 0) is 31.0 Å². The van der Waals surface area contributed by atoms with Crippen molar-refractivity contribution in [1.82, 2.24) is 0 Å². The van der Waals surface area contributed by atoms with E-state index in [1.165, 1.54) is 11.0 Å². The van der Waals surface area contributed by atoms with Crippen LogP contribution in [0.3, 0.4) is 0 Å². The summed E-state index contributed by atoms with van der Waals surface area (Å²) in [6.45, 7) is 1.46. The van der Waals surface area contributed by atoms with Crippen molar-refractivity contribution in [3.8, 4) is 5.75 Å². The van der Waals surface area contributed by atoms with Gasteiger partial charge in [-0.25, -0.2) is 4.39 Å². The smallest absolute Gasteiger partial charge is 0.132 e. The molecule has 3 nitrogen and oxygen atoms in total. The molecule has 4 heteroatoms. The number of hydrogen-bond donors (Lipinski definition) is 2. The summed E-state index contributed by atoms with van der Waals surface area (Å²) in [4.78, 5) is 1.32. The SMILES string of the molecule is COc1ccccc1[C@H]1[C@@H]2CCCC[C@]2(O)CC[NH+]1Cc1ccccc1F. The lowest BCUT2D eigenvalue weighted by atomic mass is 9.66. The summed E-state index contributed by atoms with van der Waals surface area (Å²) in [6.07, 6.45) is 4.91. The second kappa shape index (κ2) is 7.61. The number of hydrogen-bond acceptors (Lipinski definition) is 2. The largest absolute Gasteiger partial charge is 0.496 e. The van der Waals surface area contributed by atoms with Crippen molar-refractivity contribution in [2.24, 2.45) is 5.92 Å². The molecule has 0 amide bonds. The van der Waals surface area contributed by atoms with Crippen molar-refractivity contribution in [2.45, 2.75) is 50.3 Å². The lowest BCUT2D eigenvalue weighted by Crippen LogP contribution is -3.13. The van der Waals surface area contributed by atoms with E-state index >= 15 is 0 Å². The lowest BCUT2D eigenvalue weighted by molar-refractivity contribution is -0.958. The summed E-state index contributed by atoms with van der Waals surface area (Å²) in [5.41, 5.74) is 1.27.